The van der Waals surface area contributed by atoms with Gasteiger partial charge >= 0.3 is 0 Å². The van der Waals surface area contributed by atoms with Gasteiger partial charge in [0.05, 0.1) is 12.7 Å². The number of nitrogens with zero attached hydrogens (tertiary/aromatic N) is 3. The highest BCUT2D eigenvalue weighted by molar-refractivity contribution is 7.16. The summed E-state index contributed by atoms with van der Waals surface area (Å²) in [6.07, 6.45) is 4.75. The molecular weight excluding hydrogens is 396 g/mol. The summed E-state index contributed by atoms with van der Waals surface area (Å²) in [6, 6.07) is 10.5. The van der Waals surface area contributed by atoms with E-state index in [9.17, 15) is 10.1 Å². The van der Waals surface area contributed by atoms with Crippen LogP contribution in [0.3, 0.4) is 0 Å². The molecule has 0 atom stereocenters. The van der Waals surface area contributed by atoms with Crippen LogP contribution in [-0.4, -0.2) is 50.6 Å². The van der Waals surface area contributed by atoms with Gasteiger partial charge < -0.3 is 15.0 Å². The van der Waals surface area contributed by atoms with Crippen molar-refractivity contribution in [2.24, 2.45) is 0 Å². The first-order chi connectivity index (χ1) is 14.7. The number of nitrogens with one attached hydrogen (secondary N) is 1. The number of rotatable bonds is 6. The maximum absolute atomic E-state index is 12.5. The molecule has 1 fully saturated rings. The Morgan fingerprint density at radius 1 is 1.23 bits per heavy atom. The van der Waals surface area contributed by atoms with Gasteiger partial charge in [-0.15, -0.1) is 11.3 Å². The quantitative estimate of drug-likeness (QED) is 0.767. The van der Waals surface area contributed by atoms with Crippen LogP contribution in [0.2, 0.25) is 0 Å². The van der Waals surface area contributed by atoms with Crippen LogP contribution < -0.4 is 15.0 Å². The third-order valence-electron chi connectivity index (χ3n) is 5.98. The Balaban J connectivity index is 1.26. The fourth-order valence-electron chi connectivity index (χ4n) is 4.26. The molecule has 1 aliphatic carbocycles. The van der Waals surface area contributed by atoms with Crippen LogP contribution in [0.4, 0.5) is 10.7 Å². The summed E-state index contributed by atoms with van der Waals surface area (Å²) in [7, 11) is 1.69. The van der Waals surface area contributed by atoms with Gasteiger partial charge in [-0.2, -0.15) is 5.26 Å². The number of thiophene rings is 1. The van der Waals surface area contributed by atoms with Crippen LogP contribution >= 0.6 is 11.3 Å². The second-order valence-electron chi connectivity index (χ2n) is 7.86. The number of carbonyl (C=O) groups excluding carboxylic acids is 1. The summed E-state index contributed by atoms with van der Waals surface area (Å²) in [5.41, 5.74) is 3.03. The Morgan fingerprint density at radius 3 is 2.80 bits per heavy atom. The van der Waals surface area contributed by atoms with Gasteiger partial charge in [0.15, 0.2) is 0 Å². The second kappa shape index (κ2) is 9.50. The summed E-state index contributed by atoms with van der Waals surface area (Å²) < 4.78 is 5.32. The van der Waals surface area contributed by atoms with Crippen molar-refractivity contribution in [3.8, 4) is 11.8 Å². The lowest BCUT2D eigenvalue weighted by Gasteiger charge is -2.36. The van der Waals surface area contributed by atoms with Gasteiger partial charge in [-0.3, -0.25) is 9.69 Å². The highest BCUT2D eigenvalue weighted by Gasteiger charge is 2.22. The van der Waals surface area contributed by atoms with E-state index in [2.05, 4.69) is 33.3 Å². The van der Waals surface area contributed by atoms with Crippen LogP contribution in [0.1, 0.15) is 35.3 Å². The van der Waals surface area contributed by atoms with Crippen molar-refractivity contribution in [3.05, 3.63) is 40.3 Å². The molecule has 1 N–H and O–H groups in total. The van der Waals surface area contributed by atoms with E-state index in [4.69, 9.17) is 4.74 Å². The van der Waals surface area contributed by atoms with Crippen molar-refractivity contribution in [2.45, 2.75) is 32.1 Å². The minimum atomic E-state index is 0.000298. The molecule has 2 aromatic rings. The van der Waals surface area contributed by atoms with E-state index in [0.29, 0.717) is 12.0 Å². The van der Waals surface area contributed by atoms with Gasteiger partial charge in [0.2, 0.25) is 5.91 Å². The van der Waals surface area contributed by atoms with Gasteiger partial charge in [0.1, 0.15) is 16.8 Å². The highest BCUT2D eigenvalue weighted by atomic mass is 32.1. The normalized spacial score (nSPS) is 16.6. The van der Waals surface area contributed by atoms with E-state index in [1.54, 1.807) is 18.4 Å². The number of hydrogen-bond donors (Lipinski definition) is 1. The molecule has 30 heavy (non-hydrogen) atoms. The monoisotopic (exact) mass is 424 g/mol. The maximum Gasteiger partial charge on any atom is 0.226 e. The first-order valence-electron chi connectivity index (χ1n) is 10.6. The first kappa shape index (κ1) is 20.7. The molecule has 2 aliphatic rings. The summed E-state index contributed by atoms with van der Waals surface area (Å²) in [4.78, 5) is 18.5. The number of nitriles is 1. The molecule has 1 aromatic heterocycles. The minimum absolute atomic E-state index is 0.000298. The smallest absolute Gasteiger partial charge is 0.226 e. The van der Waals surface area contributed by atoms with Crippen molar-refractivity contribution < 1.29 is 9.53 Å². The molecular formula is C23H28N4O2S. The molecule has 1 amide bonds. The van der Waals surface area contributed by atoms with E-state index in [0.717, 1.165) is 68.3 Å². The molecule has 2 heterocycles. The average Bonchev–Trinajstić information content (AvgIpc) is 3.15. The van der Waals surface area contributed by atoms with E-state index in [1.807, 2.05) is 12.1 Å². The molecule has 7 heteroatoms. The topological polar surface area (TPSA) is 68.6 Å². The van der Waals surface area contributed by atoms with E-state index >= 15 is 0 Å². The molecule has 1 aromatic carbocycles. The molecule has 1 saturated heterocycles. The zero-order valence-corrected chi connectivity index (χ0v) is 18.3. The fraction of sp³-hybridized carbons (Fsp3) is 0.478. The predicted molar refractivity (Wildman–Crippen MR) is 121 cm³/mol. The summed E-state index contributed by atoms with van der Waals surface area (Å²) in [6.45, 7) is 4.48. The number of hydrogen-bond acceptors (Lipinski definition) is 6. The number of fused-ring (bicyclic) bond motifs is 1. The van der Waals surface area contributed by atoms with Crippen LogP contribution in [0.5, 0.6) is 5.75 Å². The van der Waals surface area contributed by atoms with Gasteiger partial charge in [-0.25, -0.2) is 0 Å². The maximum atomic E-state index is 12.5. The second-order valence-corrected chi connectivity index (χ2v) is 8.96. The molecule has 0 spiro atoms. The Labute approximate surface area is 182 Å². The van der Waals surface area contributed by atoms with Crippen molar-refractivity contribution in [1.82, 2.24) is 4.90 Å². The van der Waals surface area contributed by atoms with Crippen LogP contribution in [0, 0.1) is 11.3 Å². The predicted octanol–water partition coefficient (Wildman–Crippen LogP) is 3.66. The van der Waals surface area contributed by atoms with Crippen molar-refractivity contribution in [3.63, 3.8) is 0 Å². The molecule has 0 radical (unpaired) electrons. The first-order valence-corrected chi connectivity index (χ1v) is 11.5. The zero-order chi connectivity index (χ0) is 20.9. The Kier molecular flexibility index (Phi) is 6.56. The molecule has 0 saturated carbocycles. The largest absolute Gasteiger partial charge is 0.497 e. The lowest BCUT2D eigenvalue weighted by Crippen LogP contribution is -2.47. The molecule has 1 aliphatic heterocycles. The van der Waals surface area contributed by atoms with Crippen molar-refractivity contribution in [2.75, 3.05) is 50.1 Å². The third kappa shape index (κ3) is 4.61. The van der Waals surface area contributed by atoms with E-state index in [1.165, 1.54) is 17.0 Å². The molecule has 0 bridgehead atoms. The average molecular weight is 425 g/mol. The summed E-state index contributed by atoms with van der Waals surface area (Å²) in [5, 5.41) is 13.3. The van der Waals surface area contributed by atoms with Crippen LogP contribution in [0.25, 0.3) is 0 Å². The Bertz CT molecular complexity index is 941. The van der Waals surface area contributed by atoms with Crippen molar-refractivity contribution in [1.29, 1.82) is 5.26 Å². The standard InChI is InChI=1S/C23H28N4O2S/c1-29-18-6-4-5-17(15-18)27-13-11-26(12-14-27)10-9-22(28)25-23-20(16-24)19-7-2-3-8-21(19)30-23/h4-6,15H,2-3,7-14H2,1H3,(H,25,28). The minimum Gasteiger partial charge on any atom is -0.497 e. The number of piperazine rings is 1. The number of ether oxygens (including phenoxy) is 1. The third-order valence-corrected chi connectivity index (χ3v) is 7.19. The summed E-state index contributed by atoms with van der Waals surface area (Å²) >= 11 is 1.59. The Hall–Kier alpha value is -2.56. The lowest BCUT2D eigenvalue weighted by atomic mass is 9.96. The molecule has 158 valence electrons. The number of amides is 1. The number of carbonyl (C=O) groups is 1. The number of aryl methyl sites for hydroxylation is 1. The van der Waals surface area contributed by atoms with Gasteiger partial charge in [0.25, 0.3) is 0 Å². The van der Waals surface area contributed by atoms with Gasteiger partial charge in [-0.05, 0) is 43.4 Å². The summed E-state index contributed by atoms with van der Waals surface area (Å²) in [5.74, 6) is 0.874. The van der Waals surface area contributed by atoms with E-state index < -0.39 is 0 Å². The number of anilines is 2. The zero-order valence-electron chi connectivity index (χ0n) is 17.4. The fourth-order valence-corrected chi connectivity index (χ4v) is 5.51. The number of benzene rings is 1. The molecule has 6 nitrogen and oxygen atoms in total. The molecule has 0 unspecified atom stereocenters. The number of methoxy groups -OCH3 is 1. The lowest BCUT2D eigenvalue weighted by molar-refractivity contribution is -0.116. The van der Waals surface area contributed by atoms with Crippen molar-refractivity contribution >= 4 is 27.9 Å². The van der Waals surface area contributed by atoms with Crippen LogP contribution in [-0.2, 0) is 17.6 Å². The van der Waals surface area contributed by atoms with Gasteiger partial charge in [-0.1, -0.05) is 6.07 Å². The van der Waals surface area contributed by atoms with Crippen LogP contribution in [0.15, 0.2) is 24.3 Å². The molecule has 4 rings (SSSR count). The van der Waals surface area contributed by atoms with Gasteiger partial charge in [0, 0.05) is 55.8 Å². The Morgan fingerprint density at radius 2 is 2.03 bits per heavy atom. The highest BCUT2D eigenvalue weighted by Crippen LogP contribution is 2.37. The SMILES string of the molecule is COc1cccc(N2CCN(CCC(=O)Nc3sc4c(c3C#N)CCCC4)CC2)c1. The van der Waals surface area contributed by atoms with E-state index in [-0.39, 0.29) is 5.91 Å².